The minimum Gasteiger partial charge on any atom is -0.313 e. The van der Waals surface area contributed by atoms with Crippen LogP contribution in [0.1, 0.15) is 5.56 Å². The first-order valence-electron chi connectivity index (χ1n) is 3.52. The lowest BCUT2D eigenvalue weighted by atomic mass is 10.2. The largest absolute Gasteiger partial charge is 0.418 e. The summed E-state index contributed by atoms with van der Waals surface area (Å²) >= 11 is 0.804. The van der Waals surface area contributed by atoms with Crippen LogP contribution in [0.2, 0.25) is 0 Å². The Morgan fingerprint density at radius 2 is 2.14 bits per heavy atom. The van der Waals surface area contributed by atoms with Crippen molar-refractivity contribution in [2.45, 2.75) is 6.18 Å². The summed E-state index contributed by atoms with van der Waals surface area (Å²) in [5.74, 6) is 0. The first-order valence-corrected chi connectivity index (χ1v) is 4.40. The first-order chi connectivity index (χ1) is 6.50. The van der Waals surface area contributed by atoms with Crippen molar-refractivity contribution in [1.29, 1.82) is 0 Å². The molecule has 0 saturated heterocycles. The Morgan fingerprint density at radius 1 is 1.43 bits per heavy atom. The highest BCUT2D eigenvalue weighted by Gasteiger charge is 2.34. The van der Waals surface area contributed by atoms with Crippen LogP contribution >= 0.6 is 11.3 Å². The molecule has 2 heterocycles. The van der Waals surface area contributed by atoms with Gasteiger partial charge in [0.1, 0.15) is 4.83 Å². The number of halogens is 3. The van der Waals surface area contributed by atoms with E-state index in [9.17, 15) is 18.0 Å². The smallest absolute Gasteiger partial charge is 0.313 e. The van der Waals surface area contributed by atoms with E-state index < -0.39 is 17.3 Å². The van der Waals surface area contributed by atoms with E-state index in [2.05, 4.69) is 9.97 Å². The maximum atomic E-state index is 12.4. The topological polar surface area (TPSA) is 45.8 Å². The van der Waals surface area contributed by atoms with Gasteiger partial charge in [0.15, 0.2) is 0 Å². The molecule has 0 atom stereocenters. The Morgan fingerprint density at radius 3 is 2.79 bits per heavy atom. The summed E-state index contributed by atoms with van der Waals surface area (Å²) in [6.07, 6.45) is -3.42. The van der Waals surface area contributed by atoms with Crippen molar-refractivity contribution in [2.24, 2.45) is 0 Å². The number of rotatable bonds is 0. The molecule has 0 unspecified atom stereocenters. The van der Waals surface area contributed by atoms with Gasteiger partial charge in [-0.3, -0.25) is 4.79 Å². The molecule has 0 saturated carbocycles. The molecule has 2 aromatic heterocycles. The number of nitrogens with zero attached hydrogens (tertiary/aromatic N) is 1. The van der Waals surface area contributed by atoms with E-state index in [1.807, 2.05) is 0 Å². The molecule has 14 heavy (non-hydrogen) atoms. The average Bonchev–Trinajstić information content (AvgIpc) is 2.47. The molecule has 7 heteroatoms. The van der Waals surface area contributed by atoms with E-state index in [1.165, 1.54) is 0 Å². The second-order valence-electron chi connectivity index (χ2n) is 2.56. The van der Waals surface area contributed by atoms with Crippen LogP contribution in [0.15, 0.2) is 16.5 Å². The molecule has 74 valence electrons. The molecule has 2 aromatic rings. The standard InChI is InChI=1S/C7H3F3N2OS/c8-7(9,10)3-1-14-6-4(3)5(13)11-2-12-6/h1-2H,(H,11,12,13). The lowest BCUT2D eigenvalue weighted by Gasteiger charge is -2.02. The van der Waals surface area contributed by atoms with Crippen molar-refractivity contribution >= 4 is 21.6 Å². The van der Waals surface area contributed by atoms with Gasteiger partial charge in [-0.15, -0.1) is 11.3 Å². The van der Waals surface area contributed by atoms with E-state index in [1.54, 1.807) is 0 Å². The molecule has 3 nitrogen and oxygen atoms in total. The van der Waals surface area contributed by atoms with Gasteiger partial charge in [0, 0.05) is 5.38 Å². The maximum Gasteiger partial charge on any atom is 0.418 e. The van der Waals surface area contributed by atoms with E-state index >= 15 is 0 Å². The normalized spacial score (nSPS) is 12.2. The molecule has 0 aliphatic carbocycles. The lowest BCUT2D eigenvalue weighted by Crippen LogP contribution is -2.11. The van der Waals surface area contributed by atoms with Crippen molar-refractivity contribution in [3.05, 3.63) is 27.6 Å². The molecule has 2 rings (SSSR count). The quantitative estimate of drug-likeness (QED) is 0.738. The van der Waals surface area contributed by atoms with Gasteiger partial charge in [0.25, 0.3) is 5.56 Å². The first kappa shape index (κ1) is 9.20. The highest BCUT2D eigenvalue weighted by atomic mass is 32.1. The van der Waals surface area contributed by atoms with Crippen LogP contribution in [0.4, 0.5) is 13.2 Å². The minimum absolute atomic E-state index is 0.0982. The molecule has 0 fully saturated rings. The van der Waals surface area contributed by atoms with Gasteiger partial charge >= 0.3 is 6.18 Å². The fourth-order valence-corrected chi connectivity index (χ4v) is 2.01. The molecule has 0 bridgehead atoms. The number of alkyl halides is 3. The van der Waals surface area contributed by atoms with Gasteiger partial charge in [-0.25, -0.2) is 4.98 Å². The number of hydrogen-bond acceptors (Lipinski definition) is 3. The third kappa shape index (κ3) is 1.29. The predicted molar refractivity (Wildman–Crippen MR) is 45.2 cm³/mol. The number of nitrogens with one attached hydrogen (secondary N) is 1. The predicted octanol–water partition coefficient (Wildman–Crippen LogP) is 2.00. The van der Waals surface area contributed by atoms with Crippen molar-refractivity contribution in [1.82, 2.24) is 9.97 Å². The molecule has 0 radical (unpaired) electrons. The summed E-state index contributed by atoms with van der Waals surface area (Å²) in [4.78, 5) is 17.0. The van der Waals surface area contributed by atoms with Gasteiger partial charge in [-0.05, 0) is 0 Å². The number of fused-ring (bicyclic) bond motifs is 1. The second kappa shape index (κ2) is 2.81. The third-order valence-corrected chi connectivity index (χ3v) is 2.57. The molecule has 0 aliphatic rings. The molecule has 0 spiro atoms. The number of thiophene rings is 1. The summed E-state index contributed by atoms with van der Waals surface area (Å²) in [6.45, 7) is 0. The third-order valence-electron chi connectivity index (χ3n) is 1.68. The Labute approximate surface area is 79.2 Å². The highest BCUT2D eigenvalue weighted by molar-refractivity contribution is 7.16. The SMILES string of the molecule is O=c1[nH]cnc2scc(C(F)(F)F)c12. The number of hydrogen-bond donors (Lipinski definition) is 1. The summed E-state index contributed by atoms with van der Waals surface area (Å²) in [7, 11) is 0. The Bertz CT molecular complexity index is 527. The van der Waals surface area contributed by atoms with Gasteiger partial charge in [0.2, 0.25) is 0 Å². The number of H-pyrrole nitrogens is 1. The lowest BCUT2D eigenvalue weighted by molar-refractivity contribution is -0.136. The Kier molecular flexibility index (Phi) is 1.84. The van der Waals surface area contributed by atoms with Gasteiger partial charge in [0.05, 0.1) is 17.3 Å². The minimum atomic E-state index is -4.51. The monoisotopic (exact) mass is 220 g/mol. The zero-order valence-corrected chi connectivity index (χ0v) is 7.37. The Hall–Kier alpha value is -1.37. The van der Waals surface area contributed by atoms with Gasteiger partial charge in [-0.2, -0.15) is 13.2 Å². The molecule has 0 aromatic carbocycles. The zero-order chi connectivity index (χ0) is 10.3. The maximum absolute atomic E-state index is 12.4. The molecular formula is C7H3F3N2OS. The van der Waals surface area contributed by atoms with Crippen molar-refractivity contribution in [3.63, 3.8) is 0 Å². The summed E-state index contributed by atoms with van der Waals surface area (Å²) < 4.78 is 37.1. The van der Waals surface area contributed by atoms with Crippen molar-refractivity contribution < 1.29 is 13.2 Å². The molecule has 1 N–H and O–H groups in total. The average molecular weight is 220 g/mol. The van der Waals surface area contributed by atoms with E-state index in [0.29, 0.717) is 0 Å². The molecule has 0 aliphatic heterocycles. The van der Waals surface area contributed by atoms with E-state index in [0.717, 1.165) is 23.0 Å². The Balaban J connectivity index is 2.87. The zero-order valence-electron chi connectivity index (χ0n) is 6.55. The van der Waals surface area contributed by atoms with Crippen LogP contribution < -0.4 is 5.56 Å². The van der Waals surface area contributed by atoms with Crippen LogP contribution in [0.5, 0.6) is 0 Å². The van der Waals surface area contributed by atoms with Crippen LogP contribution in [0, 0.1) is 0 Å². The number of aromatic amines is 1. The molecule has 0 amide bonds. The summed E-state index contributed by atoms with van der Waals surface area (Å²) in [5, 5.41) is 0.511. The van der Waals surface area contributed by atoms with Crippen molar-refractivity contribution in [3.8, 4) is 0 Å². The van der Waals surface area contributed by atoms with Crippen LogP contribution in [-0.2, 0) is 6.18 Å². The fourth-order valence-electron chi connectivity index (χ4n) is 1.09. The number of aromatic nitrogens is 2. The van der Waals surface area contributed by atoms with Crippen LogP contribution in [0.25, 0.3) is 10.2 Å². The van der Waals surface area contributed by atoms with Gasteiger partial charge in [-0.1, -0.05) is 0 Å². The van der Waals surface area contributed by atoms with Crippen LogP contribution in [-0.4, -0.2) is 9.97 Å². The highest BCUT2D eigenvalue weighted by Crippen LogP contribution is 2.35. The van der Waals surface area contributed by atoms with Crippen LogP contribution in [0.3, 0.4) is 0 Å². The molecular weight excluding hydrogens is 217 g/mol. The second-order valence-corrected chi connectivity index (χ2v) is 3.42. The summed E-state index contributed by atoms with van der Waals surface area (Å²) in [5.41, 5.74) is -1.68. The fraction of sp³-hybridized carbons (Fsp3) is 0.143. The van der Waals surface area contributed by atoms with Crippen molar-refractivity contribution in [2.75, 3.05) is 0 Å². The van der Waals surface area contributed by atoms with E-state index in [4.69, 9.17) is 0 Å². The van der Waals surface area contributed by atoms with Gasteiger partial charge < -0.3 is 4.98 Å². The van der Waals surface area contributed by atoms with E-state index in [-0.39, 0.29) is 10.2 Å². The summed E-state index contributed by atoms with van der Waals surface area (Å²) in [6, 6.07) is 0.